The topological polar surface area (TPSA) is 66.5 Å². The number of hydrogen-bond donors (Lipinski definition) is 1. The first-order valence-electron chi connectivity index (χ1n) is 13.0. The summed E-state index contributed by atoms with van der Waals surface area (Å²) in [4.78, 5) is 16.4. The third-order valence-corrected chi connectivity index (χ3v) is 9.73. The number of likely N-dealkylation sites (tertiary alicyclic amines) is 1. The Morgan fingerprint density at radius 1 is 1.14 bits per heavy atom. The number of piperidine rings is 1. The first kappa shape index (κ1) is 28.2. The quantitative estimate of drug-likeness (QED) is 0.308. The molecule has 1 aliphatic carbocycles. The minimum absolute atomic E-state index is 0.0391. The number of rotatable bonds is 11. The lowest BCUT2D eigenvalue weighted by atomic mass is 9.67. The van der Waals surface area contributed by atoms with Gasteiger partial charge in [-0.2, -0.15) is 0 Å². The molecule has 1 aliphatic heterocycles. The first-order chi connectivity index (χ1) is 17.6. The van der Waals surface area contributed by atoms with Gasteiger partial charge in [-0.05, 0) is 73.4 Å². The summed E-state index contributed by atoms with van der Waals surface area (Å²) in [5.74, 6) is 0.306. The number of allylic oxidation sites excluding steroid dienone is 1. The van der Waals surface area contributed by atoms with Crippen LogP contribution >= 0.6 is 23.2 Å². The van der Waals surface area contributed by atoms with E-state index >= 15 is 0 Å². The molecule has 1 amide bonds. The van der Waals surface area contributed by atoms with Gasteiger partial charge in [0.1, 0.15) is 0 Å². The van der Waals surface area contributed by atoms with E-state index in [4.69, 9.17) is 23.2 Å². The number of amides is 1. The van der Waals surface area contributed by atoms with Crippen molar-refractivity contribution in [2.75, 3.05) is 12.3 Å². The summed E-state index contributed by atoms with van der Waals surface area (Å²) in [7, 11) is -3.43. The summed E-state index contributed by atoms with van der Waals surface area (Å²) in [5, 5.41) is 1.27. The molecule has 2 aromatic rings. The molecular formula is C29H36Cl2N2O3S. The lowest BCUT2D eigenvalue weighted by Crippen LogP contribution is -2.58. The number of sulfonamides is 1. The maximum Gasteiger partial charge on any atom is 0.229 e. The zero-order valence-electron chi connectivity index (χ0n) is 21.5. The van der Waals surface area contributed by atoms with Crippen molar-refractivity contribution in [1.82, 2.24) is 9.62 Å². The predicted molar refractivity (Wildman–Crippen MR) is 151 cm³/mol. The van der Waals surface area contributed by atoms with Crippen LogP contribution < -0.4 is 4.72 Å². The van der Waals surface area contributed by atoms with E-state index in [1.807, 2.05) is 67.3 Å². The number of carbonyl (C=O) groups excluding carboxylic acids is 1. The van der Waals surface area contributed by atoms with Crippen LogP contribution in [0.3, 0.4) is 0 Å². The van der Waals surface area contributed by atoms with Gasteiger partial charge >= 0.3 is 0 Å². The fraction of sp³-hybridized carbons (Fsp3) is 0.483. The lowest BCUT2D eigenvalue weighted by molar-refractivity contribution is -0.155. The second kappa shape index (κ2) is 11.5. The Balaban J connectivity index is 1.85. The number of halogens is 2. The Kier molecular flexibility index (Phi) is 8.74. The molecule has 4 rings (SSSR count). The molecule has 200 valence electrons. The highest BCUT2D eigenvalue weighted by atomic mass is 35.5. The van der Waals surface area contributed by atoms with Crippen LogP contribution in [0, 0.1) is 11.3 Å². The van der Waals surface area contributed by atoms with Crippen LogP contribution in [-0.2, 0) is 14.8 Å². The first-order valence-corrected chi connectivity index (χ1v) is 15.4. The molecule has 0 spiro atoms. The molecule has 2 aromatic carbocycles. The molecule has 1 N–H and O–H groups in total. The van der Waals surface area contributed by atoms with Gasteiger partial charge in [-0.15, -0.1) is 6.58 Å². The van der Waals surface area contributed by atoms with E-state index < -0.39 is 15.4 Å². The smallest absolute Gasteiger partial charge is 0.229 e. The van der Waals surface area contributed by atoms with Crippen molar-refractivity contribution in [3.8, 4) is 0 Å². The Bertz CT molecular complexity index is 1230. The van der Waals surface area contributed by atoms with Crippen molar-refractivity contribution in [1.29, 1.82) is 0 Å². The van der Waals surface area contributed by atoms with Crippen LogP contribution in [0.15, 0.2) is 61.2 Å². The normalized spacial score (nSPS) is 25.2. The van der Waals surface area contributed by atoms with Gasteiger partial charge < -0.3 is 4.90 Å². The van der Waals surface area contributed by atoms with Crippen molar-refractivity contribution >= 4 is 39.1 Å². The monoisotopic (exact) mass is 562 g/mol. The summed E-state index contributed by atoms with van der Waals surface area (Å²) in [6, 6.07) is 15.0. The summed E-state index contributed by atoms with van der Waals surface area (Å²) in [6.07, 6.45) is 5.44. The maximum absolute atomic E-state index is 14.4. The van der Waals surface area contributed by atoms with Gasteiger partial charge in [-0.3, -0.25) is 4.79 Å². The van der Waals surface area contributed by atoms with E-state index in [1.165, 1.54) is 0 Å². The highest BCUT2D eigenvalue weighted by Crippen LogP contribution is 2.54. The van der Waals surface area contributed by atoms with E-state index in [-0.39, 0.29) is 42.1 Å². The van der Waals surface area contributed by atoms with Gasteiger partial charge in [0.05, 0.1) is 17.2 Å². The molecule has 0 aromatic heterocycles. The van der Waals surface area contributed by atoms with E-state index in [2.05, 4.69) is 17.4 Å². The fourth-order valence-electron chi connectivity index (χ4n) is 5.78. The largest absolute Gasteiger partial charge is 0.330 e. The van der Waals surface area contributed by atoms with Crippen molar-refractivity contribution in [2.24, 2.45) is 11.3 Å². The number of hydrogen-bond acceptors (Lipinski definition) is 3. The van der Waals surface area contributed by atoms with E-state index in [1.54, 1.807) is 0 Å². The minimum atomic E-state index is -3.43. The Hall–Kier alpha value is -1.86. The van der Waals surface area contributed by atoms with Gasteiger partial charge in [-0.1, -0.05) is 67.4 Å². The molecule has 2 unspecified atom stereocenters. The van der Waals surface area contributed by atoms with E-state index in [9.17, 15) is 13.2 Å². The molecule has 2 aliphatic rings. The molecule has 1 saturated carbocycles. The maximum atomic E-state index is 14.4. The average molecular weight is 564 g/mol. The van der Waals surface area contributed by atoms with Crippen molar-refractivity contribution in [3.63, 3.8) is 0 Å². The van der Waals surface area contributed by atoms with Crippen LogP contribution in [0.1, 0.15) is 69.0 Å². The Morgan fingerprint density at radius 3 is 2.43 bits per heavy atom. The van der Waals surface area contributed by atoms with Gasteiger partial charge in [0.15, 0.2) is 0 Å². The number of nitrogens with one attached hydrogen (secondary N) is 1. The van der Waals surface area contributed by atoms with Crippen LogP contribution in [-0.4, -0.2) is 37.6 Å². The summed E-state index contributed by atoms with van der Waals surface area (Å²) in [5.41, 5.74) is 1.36. The minimum Gasteiger partial charge on any atom is -0.330 e. The number of nitrogens with zero attached hydrogens (tertiary/aromatic N) is 1. The van der Waals surface area contributed by atoms with Gasteiger partial charge in [0, 0.05) is 28.5 Å². The zero-order chi connectivity index (χ0) is 26.8. The standard InChI is InChI=1S/C29H36Cl2N2O3S/c1-4-15-29(3)18-25(22-7-6-8-24(31)17-22)27(21-11-13-23(30)14-12-21)33(28(29)34)26(20-9-10-20)19-32-37(35,36)16-5-2/h4,6-8,11-14,17,20,25-27,32H,1,5,9-10,15-16,18-19H2,2-3H3/t25?,26-,27?,29+/m1/s1. The Labute approximate surface area is 231 Å². The third kappa shape index (κ3) is 6.42. The molecule has 4 atom stereocenters. The lowest BCUT2D eigenvalue weighted by Gasteiger charge is -2.52. The van der Waals surface area contributed by atoms with E-state index in [0.717, 1.165) is 24.0 Å². The SMILES string of the molecule is C=CC[C@@]1(C)CC(c2cccc(Cl)c2)C(c2ccc(Cl)cc2)N([C@H](CNS(=O)(=O)CCC)C2CC2)C1=O. The molecule has 5 nitrogen and oxygen atoms in total. The molecule has 1 saturated heterocycles. The molecule has 0 bridgehead atoms. The predicted octanol–water partition coefficient (Wildman–Crippen LogP) is 6.74. The summed E-state index contributed by atoms with van der Waals surface area (Å²) < 4.78 is 28.1. The summed E-state index contributed by atoms with van der Waals surface area (Å²) >= 11 is 12.7. The van der Waals surface area contributed by atoms with Crippen molar-refractivity contribution in [2.45, 2.75) is 64.0 Å². The average Bonchev–Trinajstić information content (AvgIpc) is 3.68. The summed E-state index contributed by atoms with van der Waals surface area (Å²) in [6.45, 7) is 8.00. The van der Waals surface area contributed by atoms with Gasteiger partial charge in [0.2, 0.25) is 15.9 Å². The van der Waals surface area contributed by atoms with Crippen LogP contribution in [0.2, 0.25) is 10.0 Å². The Morgan fingerprint density at radius 2 is 1.84 bits per heavy atom. The molecule has 2 fully saturated rings. The molecule has 8 heteroatoms. The highest BCUT2D eigenvalue weighted by Gasteiger charge is 2.53. The number of benzene rings is 2. The highest BCUT2D eigenvalue weighted by molar-refractivity contribution is 7.89. The van der Waals surface area contributed by atoms with Crippen LogP contribution in [0.4, 0.5) is 0 Å². The van der Waals surface area contributed by atoms with Gasteiger partial charge in [0.25, 0.3) is 0 Å². The molecule has 37 heavy (non-hydrogen) atoms. The van der Waals surface area contributed by atoms with Crippen LogP contribution in [0.5, 0.6) is 0 Å². The zero-order valence-corrected chi connectivity index (χ0v) is 23.8. The third-order valence-electron chi connectivity index (χ3n) is 7.69. The number of carbonyl (C=O) groups is 1. The van der Waals surface area contributed by atoms with Gasteiger partial charge in [-0.25, -0.2) is 13.1 Å². The fourth-order valence-corrected chi connectivity index (χ4v) is 7.21. The molecular weight excluding hydrogens is 527 g/mol. The van der Waals surface area contributed by atoms with Crippen molar-refractivity contribution in [3.05, 3.63) is 82.4 Å². The van der Waals surface area contributed by atoms with E-state index in [0.29, 0.717) is 29.3 Å². The molecule has 1 heterocycles. The second-order valence-corrected chi connectivity index (χ2v) is 13.5. The molecule has 0 radical (unpaired) electrons. The van der Waals surface area contributed by atoms with Crippen molar-refractivity contribution < 1.29 is 13.2 Å². The second-order valence-electron chi connectivity index (χ2n) is 10.7. The van der Waals surface area contributed by atoms with Crippen LogP contribution in [0.25, 0.3) is 0 Å².